The molecule has 1 N–H and O–H groups in total. The van der Waals surface area contributed by atoms with Gasteiger partial charge < -0.3 is 10.1 Å². The first-order valence-corrected chi connectivity index (χ1v) is 5.26. The molecule has 1 aliphatic rings. The van der Waals surface area contributed by atoms with E-state index in [1.54, 1.807) is 6.08 Å². The lowest BCUT2D eigenvalue weighted by Crippen LogP contribution is -2.24. The molecule has 0 radical (unpaired) electrons. The van der Waals surface area contributed by atoms with Gasteiger partial charge in [0, 0.05) is 37.8 Å². The lowest BCUT2D eigenvalue weighted by molar-refractivity contribution is 0.144. The van der Waals surface area contributed by atoms with Gasteiger partial charge >= 0.3 is 0 Å². The number of ether oxygens (including phenoxy) is 1. The highest BCUT2D eigenvalue weighted by molar-refractivity contribution is 5.28. The van der Waals surface area contributed by atoms with Gasteiger partial charge in [-0.2, -0.15) is 5.10 Å². The second-order valence-electron chi connectivity index (χ2n) is 3.73. The second-order valence-corrected chi connectivity index (χ2v) is 3.73. The Morgan fingerprint density at radius 1 is 1.67 bits per heavy atom. The normalized spacial score (nSPS) is 15.0. The molecule has 1 aromatic rings. The Labute approximate surface area is 89.9 Å². The summed E-state index contributed by atoms with van der Waals surface area (Å²) in [6, 6.07) is 0. The van der Waals surface area contributed by atoms with Crippen molar-refractivity contribution in [3.8, 4) is 0 Å². The van der Waals surface area contributed by atoms with Crippen molar-refractivity contribution in [2.75, 3.05) is 13.2 Å². The van der Waals surface area contributed by atoms with E-state index in [0.29, 0.717) is 13.2 Å². The highest BCUT2D eigenvalue weighted by atomic mass is 16.5. The standard InChI is InChI=1S/C11H17N3O/c1-3-6-15-8-10-9-7-12-5-4-11(9)14(2)13-10/h3,12H,1,4-8H2,2H3. The quantitative estimate of drug-likeness (QED) is 0.585. The lowest BCUT2D eigenvalue weighted by Gasteiger charge is -2.14. The number of nitrogens with one attached hydrogen (secondary N) is 1. The number of rotatable bonds is 4. The number of fused-ring (bicyclic) bond motifs is 1. The van der Waals surface area contributed by atoms with Gasteiger partial charge in [0.25, 0.3) is 0 Å². The minimum Gasteiger partial charge on any atom is -0.371 e. The number of aryl methyl sites for hydroxylation is 1. The van der Waals surface area contributed by atoms with Crippen LogP contribution in [0.2, 0.25) is 0 Å². The van der Waals surface area contributed by atoms with Gasteiger partial charge in [0.2, 0.25) is 0 Å². The molecule has 82 valence electrons. The van der Waals surface area contributed by atoms with E-state index >= 15 is 0 Å². The smallest absolute Gasteiger partial charge is 0.0929 e. The molecule has 1 aromatic heterocycles. The summed E-state index contributed by atoms with van der Waals surface area (Å²) in [4.78, 5) is 0. The topological polar surface area (TPSA) is 39.1 Å². The fourth-order valence-electron chi connectivity index (χ4n) is 1.96. The zero-order chi connectivity index (χ0) is 10.7. The van der Waals surface area contributed by atoms with Crippen LogP contribution in [0.1, 0.15) is 17.0 Å². The Kier molecular flexibility index (Phi) is 3.18. The van der Waals surface area contributed by atoms with Gasteiger partial charge in [0.15, 0.2) is 0 Å². The van der Waals surface area contributed by atoms with E-state index < -0.39 is 0 Å². The summed E-state index contributed by atoms with van der Waals surface area (Å²) in [7, 11) is 2.00. The average Bonchev–Trinajstić information content (AvgIpc) is 2.58. The van der Waals surface area contributed by atoms with Crippen LogP contribution < -0.4 is 5.32 Å². The largest absolute Gasteiger partial charge is 0.371 e. The fraction of sp³-hybridized carbons (Fsp3) is 0.545. The first-order chi connectivity index (χ1) is 7.33. The summed E-state index contributed by atoms with van der Waals surface area (Å²) in [5.41, 5.74) is 3.71. The van der Waals surface area contributed by atoms with Crippen molar-refractivity contribution in [3.05, 3.63) is 29.6 Å². The molecule has 4 heteroatoms. The Bertz CT molecular complexity index is 357. The van der Waals surface area contributed by atoms with Crippen LogP contribution in [0.5, 0.6) is 0 Å². The van der Waals surface area contributed by atoms with E-state index in [1.165, 1.54) is 11.3 Å². The maximum Gasteiger partial charge on any atom is 0.0929 e. The molecule has 0 fully saturated rings. The van der Waals surface area contributed by atoms with Crippen molar-refractivity contribution in [2.45, 2.75) is 19.6 Å². The van der Waals surface area contributed by atoms with E-state index in [1.807, 2.05) is 11.7 Å². The summed E-state index contributed by atoms with van der Waals surface area (Å²) in [6.07, 6.45) is 2.81. The SMILES string of the molecule is C=CCOCc1nn(C)c2c1CNCC2. The molecular formula is C11H17N3O. The predicted octanol–water partition coefficient (Wildman–Crippen LogP) is 0.768. The molecule has 2 rings (SSSR count). The summed E-state index contributed by atoms with van der Waals surface area (Å²) >= 11 is 0. The monoisotopic (exact) mass is 207 g/mol. The Morgan fingerprint density at radius 3 is 3.33 bits per heavy atom. The van der Waals surface area contributed by atoms with E-state index in [2.05, 4.69) is 17.0 Å². The van der Waals surface area contributed by atoms with Crippen molar-refractivity contribution in [2.24, 2.45) is 7.05 Å². The maximum atomic E-state index is 5.43. The van der Waals surface area contributed by atoms with Crippen molar-refractivity contribution in [1.82, 2.24) is 15.1 Å². The summed E-state index contributed by atoms with van der Waals surface area (Å²) < 4.78 is 7.40. The van der Waals surface area contributed by atoms with Crippen LogP contribution in [0, 0.1) is 0 Å². The van der Waals surface area contributed by atoms with Crippen LogP contribution in [-0.4, -0.2) is 22.9 Å². The average molecular weight is 207 g/mol. The van der Waals surface area contributed by atoms with Crippen LogP contribution in [0.25, 0.3) is 0 Å². The number of hydrogen-bond donors (Lipinski definition) is 1. The molecule has 0 aromatic carbocycles. The molecule has 0 aliphatic carbocycles. The van der Waals surface area contributed by atoms with Crippen LogP contribution in [0.15, 0.2) is 12.7 Å². The van der Waals surface area contributed by atoms with Crippen LogP contribution in [0.3, 0.4) is 0 Å². The van der Waals surface area contributed by atoms with Gasteiger partial charge in [-0.3, -0.25) is 4.68 Å². The number of nitrogens with zero attached hydrogens (tertiary/aromatic N) is 2. The fourth-order valence-corrected chi connectivity index (χ4v) is 1.96. The van der Waals surface area contributed by atoms with E-state index in [9.17, 15) is 0 Å². The first kappa shape index (κ1) is 10.4. The molecule has 4 nitrogen and oxygen atoms in total. The van der Waals surface area contributed by atoms with Crippen molar-refractivity contribution < 1.29 is 4.74 Å². The highest BCUT2D eigenvalue weighted by Crippen LogP contribution is 2.18. The zero-order valence-corrected chi connectivity index (χ0v) is 9.12. The van der Waals surface area contributed by atoms with E-state index in [-0.39, 0.29) is 0 Å². The van der Waals surface area contributed by atoms with Gasteiger partial charge in [-0.25, -0.2) is 0 Å². The molecule has 1 aliphatic heterocycles. The van der Waals surface area contributed by atoms with E-state index in [4.69, 9.17) is 4.74 Å². The molecule has 0 spiro atoms. The Balaban J connectivity index is 2.13. The molecule has 0 saturated heterocycles. The van der Waals surface area contributed by atoms with Gasteiger partial charge in [-0.05, 0) is 0 Å². The summed E-state index contributed by atoms with van der Waals surface area (Å²) in [5, 5.41) is 7.84. The zero-order valence-electron chi connectivity index (χ0n) is 9.12. The van der Waals surface area contributed by atoms with Gasteiger partial charge in [-0.1, -0.05) is 6.08 Å². The van der Waals surface area contributed by atoms with Gasteiger partial charge in [0.05, 0.1) is 18.9 Å². The second kappa shape index (κ2) is 4.59. The summed E-state index contributed by atoms with van der Waals surface area (Å²) in [6.45, 7) is 6.74. The van der Waals surface area contributed by atoms with Crippen molar-refractivity contribution in [1.29, 1.82) is 0 Å². The molecule has 2 heterocycles. The van der Waals surface area contributed by atoms with Crippen LogP contribution in [-0.2, 0) is 31.4 Å². The third-order valence-corrected chi connectivity index (χ3v) is 2.67. The van der Waals surface area contributed by atoms with Gasteiger partial charge in [0.1, 0.15) is 0 Å². The number of hydrogen-bond acceptors (Lipinski definition) is 3. The summed E-state index contributed by atoms with van der Waals surface area (Å²) in [5.74, 6) is 0. The minimum absolute atomic E-state index is 0.580. The van der Waals surface area contributed by atoms with Gasteiger partial charge in [-0.15, -0.1) is 6.58 Å². The van der Waals surface area contributed by atoms with Crippen LogP contribution >= 0.6 is 0 Å². The lowest BCUT2D eigenvalue weighted by atomic mass is 10.1. The van der Waals surface area contributed by atoms with Crippen LogP contribution in [0.4, 0.5) is 0 Å². The molecule has 0 bridgehead atoms. The van der Waals surface area contributed by atoms with Crippen molar-refractivity contribution >= 4 is 0 Å². The van der Waals surface area contributed by atoms with E-state index in [0.717, 1.165) is 25.2 Å². The molecule has 0 saturated carbocycles. The predicted molar refractivity (Wildman–Crippen MR) is 58.5 cm³/mol. The molecular weight excluding hydrogens is 190 g/mol. The van der Waals surface area contributed by atoms with Crippen molar-refractivity contribution in [3.63, 3.8) is 0 Å². The maximum absolute atomic E-state index is 5.43. The minimum atomic E-state index is 0.580. The Hall–Kier alpha value is -1.13. The molecule has 0 atom stereocenters. The Morgan fingerprint density at radius 2 is 2.53 bits per heavy atom. The highest BCUT2D eigenvalue weighted by Gasteiger charge is 2.18. The molecule has 15 heavy (non-hydrogen) atoms. The third-order valence-electron chi connectivity index (χ3n) is 2.67. The molecule has 0 unspecified atom stereocenters. The number of aromatic nitrogens is 2. The third kappa shape index (κ3) is 2.11. The molecule has 0 amide bonds. The first-order valence-electron chi connectivity index (χ1n) is 5.26.